The van der Waals surface area contributed by atoms with Crippen LogP contribution >= 0.6 is 0 Å². The Balaban J connectivity index is 2.43. The zero-order valence-electron chi connectivity index (χ0n) is 4.32. The summed E-state index contributed by atoms with van der Waals surface area (Å²) in [6, 6.07) is 0. The summed E-state index contributed by atoms with van der Waals surface area (Å²) in [7, 11) is 0. The number of aliphatic hydroxyl groups is 1. The SMILES string of the molecule is CC1(O)CC[C@H]1F. The fourth-order valence-electron chi connectivity index (χ4n) is 0.671. The molecule has 42 valence electrons. The van der Waals surface area contributed by atoms with Crippen LogP contribution in [0.25, 0.3) is 0 Å². The summed E-state index contributed by atoms with van der Waals surface area (Å²) in [5, 5.41) is 8.81. The van der Waals surface area contributed by atoms with Crippen molar-refractivity contribution in [3.63, 3.8) is 0 Å². The van der Waals surface area contributed by atoms with Gasteiger partial charge in [0.05, 0.1) is 5.60 Å². The fraction of sp³-hybridized carbons (Fsp3) is 1.00. The Morgan fingerprint density at radius 1 is 1.86 bits per heavy atom. The highest BCUT2D eigenvalue weighted by atomic mass is 19.1. The molecule has 0 saturated heterocycles. The molecule has 1 fully saturated rings. The molecule has 1 unspecified atom stereocenters. The normalized spacial score (nSPS) is 51.0. The molecule has 0 aliphatic heterocycles. The Hall–Kier alpha value is -0.110. The maximum atomic E-state index is 12.0. The lowest BCUT2D eigenvalue weighted by atomic mass is 9.80. The lowest BCUT2D eigenvalue weighted by molar-refractivity contribution is -0.0919. The summed E-state index contributed by atoms with van der Waals surface area (Å²) in [6.07, 6.45) is 0.189. The monoisotopic (exact) mass is 104 g/mol. The van der Waals surface area contributed by atoms with E-state index in [9.17, 15) is 4.39 Å². The van der Waals surface area contributed by atoms with Gasteiger partial charge in [-0.3, -0.25) is 0 Å². The Labute approximate surface area is 42.2 Å². The van der Waals surface area contributed by atoms with Gasteiger partial charge >= 0.3 is 0 Å². The van der Waals surface area contributed by atoms with Gasteiger partial charge in [-0.25, -0.2) is 4.39 Å². The molecule has 1 N–H and O–H groups in total. The number of rotatable bonds is 0. The first kappa shape index (κ1) is 5.04. The number of hydrogen-bond donors (Lipinski definition) is 1. The molecule has 0 aromatic carbocycles. The van der Waals surface area contributed by atoms with Crippen molar-refractivity contribution in [3.8, 4) is 0 Å². The molecule has 1 nitrogen and oxygen atoms in total. The molecule has 7 heavy (non-hydrogen) atoms. The first-order chi connectivity index (χ1) is 3.13. The highest BCUT2D eigenvalue weighted by Gasteiger charge is 2.40. The van der Waals surface area contributed by atoms with Crippen molar-refractivity contribution in [3.05, 3.63) is 0 Å². The van der Waals surface area contributed by atoms with Crippen LogP contribution in [0, 0.1) is 0 Å². The standard InChI is InChI=1S/C5H9FO/c1-5(7)3-2-4(5)6/h4,7H,2-3H2,1H3/t4-,5?/m1/s1. The largest absolute Gasteiger partial charge is 0.387 e. The second kappa shape index (κ2) is 1.19. The zero-order chi connectivity index (χ0) is 5.49. The average molecular weight is 104 g/mol. The van der Waals surface area contributed by atoms with Crippen LogP contribution in [0.5, 0.6) is 0 Å². The van der Waals surface area contributed by atoms with E-state index < -0.39 is 11.8 Å². The molecule has 1 rings (SSSR count). The zero-order valence-corrected chi connectivity index (χ0v) is 4.32. The van der Waals surface area contributed by atoms with E-state index in [1.165, 1.54) is 6.92 Å². The lowest BCUT2D eigenvalue weighted by Crippen LogP contribution is -2.45. The third kappa shape index (κ3) is 0.630. The van der Waals surface area contributed by atoms with E-state index in [1.54, 1.807) is 0 Å². The van der Waals surface area contributed by atoms with Gasteiger partial charge < -0.3 is 5.11 Å². The van der Waals surface area contributed by atoms with Gasteiger partial charge in [0.15, 0.2) is 0 Å². The Bertz CT molecular complexity index is 80.1. The van der Waals surface area contributed by atoms with Gasteiger partial charge in [-0.15, -0.1) is 0 Å². The van der Waals surface area contributed by atoms with E-state index >= 15 is 0 Å². The molecular weight excluding hydrogens is 95.1 g/mol. The highest BCUT2D eigenvalue weighted by molar-refractivity contribution is 4.92. The van der Waals surface area contributed by atoms with Crippen molar-refractivity contribution in [2.45, 2.75) is 31.5 Å². The van der Waals surface area contributed by atoms with Gasteiger partial charge in [0, 0.05) is 0 Å². The van der Waals surface area contributed by atoms with Crippen LogP contribution < -0.4 is 0 Å². The van der Waals surface area contributed by atoms with Crippen LogP contribution in [0.2, 0.25) is 0 Å². The molecular formula is C5H9FO. The number of hydrogen-bond acceptors (Lipinski definition) is 1. The Morgan fingerprint density at radius 3 is 2.29 bits per heavy atom. The van der Waals surface area contributed by atoms with E-state index in [1.807, 2.05) is 0 Å². The molecule has 0 amide bonds. The summed E-state index contributed by atoms with van der Waals surface area (Å²) in [6.45, 7) is 1.53. The van der Waals surface area contributed by atoms with Crippen LogP contribution in [0.3, 0.4) is 0 Å². The third-order valence-corrected chi connectivity index (χ3v) is 1.58. The molecule has 0 spiro atoms. The summed E-state index contributed by atoms with van der Waals surface area (Å²) in [4.78, 5) is 0. The highest BCUT2D eigenvalue weighted by Crippen LogP contribution is 2.33. The predicted molar refractivity (Wildman–Crippen MR) is 24.8 cm³/mol. The molecule has 1 aliphatic carbocycles. The fourth-order valence-corrected chi connectivity index (χ4v) is 0.671. The smallest absolute Gasteiger partial charge is 0.128 e. The molecule has 1 aliphatic rings. The molecule has 2 heteroatoms. The molecule has 0 aromatic rings. The van der Waals surface area contributed by atoms with Crippen molar-refractivity contribution >= 4 is 0 Å². The summed E-state index contributed by atoms with van der Waals surface area (Å²) in [5.41, 5.74) is -0.986. The first-order valence-electron chi connectivity index (χ1n) is 2.49. The lowest BCUT2D eigenvalue weighted by Gasteiger charge is -2.36. The van der Waals surface area contributed by atoms with Crippen molar-refractivity contribution in [2.24, 2.45) is 0 Å². The molecule has 0 heterocycles. The van der Waals surface area contributed by atoms with Gasteiger partial charge in [-0.2, -0.15) is 0 Å². The second-order valence-electron chi connectivity index (χ2n) is 2.36. The van der Waals surface area contributed by atoms with Gasteiger partial charge in [0.1, 0.15) is 6.17 Å². The molecule has 1 saturated carbocycles. The molecule has 0 aromatic heterocycles. The van der Waals surface area contributed by atoms with E-state index in [0.29, 0.717) is 12.8 Å². The van der Waals surface area contributed by atoms with Gasteiger partial charge in [0.2, 0.25) is 0 Å². The van der Waals surface area contributed by atoms with Crippen LogP contribution in [-0.4, -0.2) is 16.9 Å². The van der Waals surface area contributed by atoms with E-state index in [0.717, 1.165) is 0 Å². The van der Waals surface area contributed by atoms with Crippen LogP contribution in [0.1, 0.15) is 19.8 Å². The predicted octanol–water partition coefficient (Wildman–Crippen LogP) is 0.869. The maximum Gasteiger partial charge on any atom is 0.128 e. The van der Waals surface area contributed by atoms with Gasteiger partial charge in [-0.05, 0) is 19.8 Å². The quantitative estimate of drug-likeness (QED) is 0.483. The Morgan fingerprint density at radius 2 is 2.29 bits per heavy atom. The van der Waals surface area contributed by atoms with Crippen LogP contribution in [0.4, 0.5) is 4.39 Å². The van der Waals surface area contributed by atoms with Crippen molar-refractivity contribution < 1.29 is 9.50 Å². The molecule has 0 radical (unpaired) electrons. The number of alkyl halides is 1. The van der Waals surface area contributed by atoms with Crippen LogP contribution in [-0.2, 0) is 0 Å². The summed E-state index contributed by atoms with van der Waals surface area (Å²) >= 11 is 0. The van der Waals surface area contributed by atoms with Crippen molar-refractivity contribution in [2.75, 3.05) is 0 Å². The maximum absolute atomic E-state index is 12.0. The van der Waals surface area contributed by atoms with Crippen molar-refractivity contribution in [1.82, 2.24) is 0 Å². The molecule has 2 atom stereocenters. The first-order valence-corrected chi connectivity index (χ1v) is 2.49. The van der Waals surface area contributed by atoms with E-state index in [2.05, 4.69) is 0 Å². The summed E-state index contributed by atoms with van der Waals surface area (Å²) in [5.74, 6) is 0. The van der Waals surface area contributed by atoms with Crippen molar-refractivity contribution in [1.29, 1.82) is 0 Å². The number of halogens is 1. The van der Waals surface area contributed by atoms with E-state index in [-0.39, 0.29) is 0 Å². The van der Waals surface area contributed by atoms with Gasteiger partial charge in [0.25, 0.3) is 0 Å². The van der Waals surface area contributed by atoms with Crippen LogP contribution in [0.15, 0.2) is 0 Å². The van der Waals surface area contributed by atoms with E-state index in [4.69, 9.17) is 5.11 Å². The Kier molecular flexibility index (Phi) is 0.854. The topological polar surface area (TPSA) is 20.2 Å². The third-order valence-electron chi connectivity index (χ3n) is 1.58. The minimum Gasteiger partial charge on any atom is -0.387 e. The molecule has 0 bridgehead atoms. The minimum absolute atomic E-state index is 0.535. The average Bonchev–Trinajstić information content (AvgIpc) is 1.63. The van der Waals surface area contributed by atoms with Gasteiger partial charge in [-0.1, -0.05) is 0 Å². The minimum atomic E-state index is -0.986. The summed E-state index contributed by atoms with van der Waals surface area (Å²) < 4.78 is 12.0. The second-order valence-corrected chi connectivity index (χ2v) is 2.36.